The van der Waals surface area contributed by atoms with E-state index in [0.29, 0.717) is 10.7 Å². The highest BCUT2D eigenvalue weighted by atomic mass is 35.5. The molecule has 3 rings (SSSR count). The molecule has 0 radical (unpaired) electrons. The van der Waals surface area contributed by atoms with E-state index in [1.54, 1.807) is 6.07 Å². The highest BCUT2D eigenvalue weighted by molar-refractivity contribution is 6.31. The lowest BCUT2D eigenvalue weighted by atomic mass is 10.2. The van der Waals surface area contributed by atoms with Crippen LogP contribution >= 0.6 is 11.6 Å². The summed E-state index contributed by atoms with van der Waals surface area (Å²) in [6.45, 7) is 1.87. The first-order valence-corrected chi connectivity index (χ1v) is 7.31. The number of benzene rings is 2. The van der Waals surface area contributed by atoms with Gasteiger partial charge >= 0.3 is 6.03 Å². The van der Waals surface area contributed by atoms with Gasteiger partial charge < -0.3 is 15.2 Å². The van der Waals surface area contributed by atoms with Crippen LogP contribution in [0.15, 0.2) is 48.7 Å². The van der Waals surface area contributed by atoms with Crippen LogP contribution in [0.5, 0.6) is 0 Å². The SMILES string of the molecule is Cc1c(Cl)cccc1NC(=O)Nc1cn(C)c2ccccc12. The number of aromatic nitrogens is 1. The number of nitrogens with one attached hydrogen (secondary N) is 2. The van der Waals surface area contributed by atoms with Crippen molar-refractivity contribution in [2.24, 2.45) is 7.05 Å². The van der Waals surface area contributed by atoms with Crippen LogP contribution in [0, 0.1) is 6.92 Å². The van der Waals surface area contributed by atoms with E-state index in [2.05, 4.69) is 10.6 Å². The molecule has 2 amide bonds. The van der Waals surface area contributed by atoms with Gasteiger partial charge in [0.2, 0.25) is 0 Å². The lowest BCUT2D eigenvalue weighted by molar-refractivity contribution is 0.262. The number of anilines is 2. The van der Waals surface area contributed by atoms with Crippen molar-refractivity contribution in [1.29, 1.82) is 0 Å². The van der Waals surface area contributed by atoms with E-state index in [1.807, 2.05) is 61.1 Å². The smallest absolute Gasteiger partial charge is 0.323 e. The first-order valence-electron chi connectivity index (χ1n) is 6.93. The van der Waals surface area contributed by atoms with Gasteiger partial charge in [-0.1, -0.05) is 35.9 Å². The fourth-order valence-electron chi connectivity index (χ4n) is 2.46. The molecular weight excluding hydrogens is 298 g/mol. The highest BCUT2D eigenvalue weighted by Gasteiger charge is 2.10. The number of halogens is 1. The van der Waals surface area contributed by atoms with Crippen LogP contribution in [-0.2, 0) is 7.05 Å². The molecule has 0 saturated heterocycles. The molecule has 0 bridgehead atoms. The molecule has 0 spiro atoms. The number of hydrogen-bond donors (Lipinski definition) is 2. The number of urea groups is 1. The molecule has 0 aliphatic heterocycles. The van der Waals surface area contributed by atoms with Crippen molar-refractivity contribution in [2.75, 3.05) is 10.6 Å². The molecule has 4 nitrogen and oxygen atoms in total. The number of para-hydroxylation sites is 1. The summed E-state index contributed by atoms with van der Waals surface area (Å²) in [5.41, 5.74) is 3.38. The van der Waals surface area contributed by atoms with Gasteiger partial charge in [-0.25, -0.2) is 4.79 Å². The molecule has 2 N–H and O–H groups in total. The van der Waals surface area contributed by atoms with Gasteiger partial charge in [-0.3, -0.25) is 0 Å². The fraction of sp³-hybridized carbons (Fsp3) is 0.118. The van der Waals surface area contributed by atoms with Crippen molar-refractivity contribution in [2.45, 2.75) is 6.92 Å². The Kier molecular flexibility index (Phi) is 3.77. The van der Waals surface area contributed by atoms with Crippen LogP contribution in [0.2, 0.25) is 5.02 Å². The van der Waals surface area contributed by atoms with Crippen LogP contribution in [0.25, 0.3) is 10.9 Å². The van der Waals surface area contributed by atoms with Gasteiger partial charge in [-0.15, -0.1) is 0 Å². The second-order valence-electron chi connectivity index (χ2n) is 5.16. The maximum atomic E-state index is 12.2. The van der Waals surface area contributed by atoms with Crippen LogP contribution in [0.3, 0.4) is 0 Å². The lowest BCUT2D eigenvalue weighted by Gasteiger charge is -2.10. The second kappa shape index (κ2) is 5.73. The minimum absolute atomic E-state index is 0.290. The minimum atomic E-state index is -0.290. The van der Waals surface area contributed by atoms with E-state index in [0.717, 1.165) is 22.2 Å². The van der Waals surface area contributed by atoms with E-state index in [4.69, 9.17) is 11.6 Å². The summed E-state index contributed by atoms with van der Waals surface area (Å²) < 4.78 is 1.98. The van der Waals surface area contributed by atoms with E-state index in [9.17, 15) is 4.79 Å². The Bertz CT molecular complexity index is 854. The predicted molar refractivity (Wildman–Crippen MR) is 91.7 cm³/mol. The minimum Gasteiger partial charge on any atom is -0.348 e. The van der Waals surface area contributed by atoms with Gasteiger partial charge in [0.25, 0.3) is 0 Å². The standard InChI is InChI=1S/C17H16ClN3O/c1-11-13(18)7-5-8-14(11)19-17(22)20-15-10-21(2)16-9-4-3-6-12(15)16/h3-10H,1-2H3,(H2,19,20,22). The number of hydrogen-bond acceptors (Lipinski definition) is 1. The number of amides is 2. The summed E-state index contributed by atoms with van der Waals surface area (Å²) in [5.74, 6) is 0. The largest absolute Gasteiger partial charge is 0.348 e. The van der Waals surface area contributed by atoms with Crippen LogP contribution in [0.1, 0.15) is 5.56 Å². The third kappa shape index (κ3) is 2.65. The summed E-state index contributed by atoms with van der Waals surface area (Å²) in [6.07, 6.45) is 1.90. The normalized spacial score (nSPS) is 10.7. The molecule has 0 fully saturated rings. The Balaban J connectivity index is 1.83. The molecule has 0 unspecified atom stereocenters. The summed E-state index contributed by atoms with van der Waals surface area (Å²) in [7, 11) is 1.95. The second-order valence-corrected chi connectivity index (χ2v) is 5.57. The molecule has 2 aromatic carbocycles. The van der Waals surface area contributed by atoms with Gasteiger partial charge in [0.15, 0.2) is 0 Å². The van der Waals surface area contributed by atoms with Crippen molar-refractivity contribution < 1.29 is 4.79 Å². The molecule has 0 aliphatic carbocycles. The van der Waals surface area contributed by atoms with Crippen molar-refractivity contribution >= 4 is 39.9 Å². The topological polar surface area (TPSA) is 46.1 Å². The molecule has 0 atom stereocenters. The zero-order valence-electron chi connectivity index (χ0n) is 12.4. The molecule has 3 aromatic rings. The average molecular weight is 314 g/mol. The molecular formula is C17H16ClN3O. The summed E-state index contributed by atoms with van der Waals surface area (Å²) >= 11 is 6.06. The molecule has 1 aromatic heterocycles. The molecule has 1 heterocycles. The Hall–Kier alpha value is -2.46. The first-order chi connectivity index (χ1) is 10.6. The number of fused-ring (bicyclic) bond motifs is 1. The van der Waals surface area contributed by atoms with Gasteiger partial charge in [0, 0.05) is 34.9 Å². The summed E-state index contributed by atoms with van der Waals surface area (Å²) in [5, 5.41) is 7.35. The lowest BCUT2D eigenvalue weighted by Crippen LogP contribution is -2.19. The Labute approximate surface area is 133 Å². The Morgan fingerprint density at radius 1 is 1.05 bits per heavy atom. The van der Waals surface area contributed by atoms with Crippen molar-refractivity contribution in [1.82, 2.24) is 4.57 Å². The maximum Gasteiger partial charge on any atom is 0.323 e. The van der Waals surface area contributed by atoms with Crippen LogP contribution in [-0.4, -0.2) is 10.6 Å². The monoisotopic (exact) mass is 313 g/mol. The zero-order chi connectivity index (χ0) is 15.7. The highest BCUT2D eigenvalue weighted by Crippen LogP contribution is 2.26. The van der Waals surface area contributed by atoms with Crippen LogP contribution < -0.4 is 10.6 Å². The van der Waals surface area contributed by atoms with E-state index in [-0.39, 0.29) is 6.03 Å². The third-order valence-corrected chi connectivity index (χ3v) is 4.07. The van der Waals surface area contributed by atoms with Crippen molar-refractivity contribution in [3.63, 3.8) is 0 Å². The average Bonchev–Trinajstić information content (AvgIpc) is 2.81. The Morgan fingerprint density at radius 2 is 1.77 bits per heavy atom. The number of carbonyl (C=O) groups excluding carboxylic acids is 1. The summed E-state index contributed by atoms with van der Waals surface area (Å²) in [6, 6.07) is 13.1. The van der Waals surface area contributed by atoms with Gasteiger partial charge in [0.05, 0.1) is 5.69 Å². The van der Waals surface area contributed by atoms with Gasteiger partial charge in [-0.05, 0) is 30.7 Å². The maximum absolute atomic E-state index is 12.2. The number of aryl methyl sites for hydroxylation is 1. The van der Waals surface area contributed by atoms with E-state index in [1.165, 1.54) is 0 Å². The zero-order valence-corrected chi connectivity index (χ0v) is 13.1. The van der Waals surface area contributed by atoms with Gasteiger partial charge in [-0.2, -0.15) is 0 Å². The molecule has 22 heavy (non-hydrogen) atoms. The van der Waals surface area contributed by atoms with E-state index >= 15 is 0 Å². The molecule has 112 valence electrons. The fourth-order valence-corrected chi connectivity index (χ4v) is 2.63. The third-order valence-electron chi connectivity index (χ3n) is 3.66. The number of rotatable bonds is 2. The molecule has 5 heteroatoms. The quantitative estimate of drug-likeness (QED) is 0.702. The predicted octanol–water partition coefficient (Wildman–Crippen LogP) is 4.78. The number of carbonyl (C=O) groups is 1. The van der Waals surface area contributed by atoms with Gasteiger partial charge in [0.1, 0.15) is 0 Å². The number of nitrogens with zero attached hydrogens (tertiary/aromatic N) is 1. The molecule has 0 aliphatic rings. The van der Waals surface area contributed by atoms with E-state index < -0.39 is 0 Å². The first kappa shape index (κ1) is 14.5. The van der Waals surface area contributed by atoms with Crippen molar-refractivity contribution in [3.8, 4) is 0 Å². The molecule has 0 saturated carbocycles. The van der Waals surface area contributed by atoms with Crippen LogP contribution in [0.4, 0.5) is 16.2 Å². The summed E-state index contributed by atoms with van der Waals surface area (Å²) in [4.78, 5) is 12.2. The Morgan fingerprint density at radius 3 is 2.59 bits per heavy atom. The van der Waals surface area contributed by atoms with Crippen molar-refractivity contribution in [3.05, 3.63) is 59.2 Å².